The molecule has 2 aromatic carbocycles. The Morgan fingerprint density at radius 2 is 1.85 bits per heavy atom. The van der Waals surface area contributed by atoms with E-state index >= 15 is 0 Å². The number of carbonyl (C=O) groups excluding carboxylic acids is 1. The zero-order valence-corrected chi connectivity index (χ0v) is 21.9. The lowest BCUT2D eigenvalue weighted by atomic mass is 9.75. The lowest BCUT2D eigenvalue weighted by Crippen LogP contribution is -2.34. The average Bonchev–Trinajstić information content (AvgIpc) is 3.53. The third kappa shape index (κ3) is 3.84. The van der Waals surface area contributed by atoms with Crippen molar-refractivity contribution in [2.75, 3.05) is 12.4 Å². The van der Waals surface area contributed by atoms with Crippen LogP contribution >= 0.6 is 39.0 Å². The summed E-state index contributed by atoms with van der Waals surface area (Å²) >= 11 is 6.75. The van der Waals surface area contributed by atoms with E-state index in [1.54, 1.807) is 23.8 Å². The van der Waals surface area contributed by atoms with Crippen LogP contribution in [0.25, 0.3) is 0 Å². The first-order valence-electron chi connectivity index (χ1n) is 11.6. The Bertz CT molecular complexity index is 1280. The van der Waals surface area contributed by atoms with E-state index in [1.165, 1.54) is 36.2 Å². The van der Waals surface area contributed by atoms with Crippen LogP contribution in [0, 0.1) is 17.8 Å². The highest BCUT2D eigenvalue weighted by Gasteiger charge is 2.55. The van der Waals surface area contributed by atoms with Crippen LogP contribution in [-0.2, 0) is 11.3 Å². The molecular weight excluding hydrogens is 532 g/mol. The van der Waals surface area contributed by atoms with Crippen molar-refractivity contribution in [3.05, 3.63) is 73.1 Å². The lowest BCUT2D eigenvalue weighted by Gasteiger charge is -2.40. The first-order chi connectivity index (χ1) is 16.5. The molecule has 2 heterocycles. The summed E-state index contributed by atoms with van der Waals surface area (Å²) in [7, 11) is 1.61. The Kier molecular flexibility index (Phi) is 5.86. The number of carbonyl (C=O) groups is 1. The summed E-state index contributed by atoms with van der Waals surface area (Å²) in [6, 6.07) is 15.8. The summed E-state index contributed by atoms with van der Waals surface area (Å²) in [5.41, 5.74) is 1.97. The van der Waals surface area contributed by atoms with Crippen LogP contribution in [0.4, 0.5) is 5.69 Å². The minimum absolute atomic E-state index is 0.0300. The number of hydrogen-bond donors (Lipinski definition) is 1. The van der Waals surface area contributed by atoms with Crippen LogP contribution in [0.15, 0.2) is 62.8 Å². The molecule has 1 aromatic heterocycles. The molecule has 3 aliphatic rings. The summed E-state index contributed by atoms with van der Waals surface area (Å²) in [4.78, 5) is 27.2. The summed E-state index contributed by atoms with van der Waals surface area (Å²) < 4.78 is 7.95. The van der Waals surface area contributed by atoms with Crippen molar-refractivity contribution in [3.8, 4) is 5.75 Å². The van der Waals surface area contributed by atoms with Gasteiger partial charge >= 0.3 is 4.87 Å². The number of fused-ring (bicyclic) bond motifs is 6. The van der Waals surface area contributed by atoms with Crippen molar-refractivity contribution in [1.29, 1.82) is 0 Å². The van der Waals surface area contributed by atoms with E-state index < -0.39 is 0 Å². The van der Waals surface area contributed by atoms with Gasteiger partial charge < -0.3 is 10.1 Å². The minimum atomic E-state index is -0.191. The maximum Gasteiger partial charge on any atom is 0.308 e. The summed E-state index contributed by atoms with van der Waals surface area (Å²) in [6.45, 7) is 0.0300. The number of methoxy groups -OCH3 is 1. The molecule has 5 nitrogen and oxygen atoms in total. The van der Waals surface area contributed by atoms with Crippen LogP contribution in [0.3, 0.4) is 0 Å². The van der Waals surface area contributed by atoms with E-state index in [0.717, 1.165) is 26.0 Å². The van der Waals surface area contributed by atoms with E-state index in [-0.39, 0.29) is 23.2 Å². The standard InChI is InChI=1S/C26H25BrN2O3S2/c1-32-19-10-8-18(9-11-19)28-20(30)13-29-25-24(34-26(29)31)21(14-4-6-17(27)7-5-14)22-15-2-3-16(12-15)23(22)33-25/h4-11,15-16,21-23H,2-3,12-13H2,1H3,(H,28,30)/t15?,16?,21-,22?,23?/m0/s1. The van der Waals surface area contributed by atoms with Gasteiger partial charge in [-0.15, -0.1) is 11.8 Å². The molecule has 0 spiro atoms. The normalized spacial score (nSPS) is 26.7. The number of aromatic nitrogens is 1. The number of rotatable bonds is 5. The molecule has 6 rings (SSSR count). The predicted molar refractivity (Wildman–Crippen MR) is 140 cm³/mol. The van der Waals surface area contributed by atoms with Gasteiger partial charge in [0.25, 0.3) is 0 Å². The van der Waals surface area contributed by atoms with Gasteiger partial charge in [-0.25, -0.2) is 0 Å². The fourth-order valence-corrected chi connectivity index (χ4v) is 9.56. The predicted octanol–water partition coefficient (Wildman–Crippen LogP) is 5.97. The van der Waals surface area contributed by atoms with Gasteiger partial charge in [0.05, 0.1) is 12.1 Å². The molecular formula is C26H25BrN2O3S2. The maximum absolute atomic E-state index is 13.2. The Balaban J connectivity index is 1.33. The van der Waals surface area contributed by atoms with E-state index in [2.05, 4.69) is 45.5 Å². The van der Waals surface area contributed by atoms with E-state index in [9.17, 15) is 9.59 Å². The Morgan fingerprint density at radius 1 is 1.12 bits per heavy atom. The van der Waals surface area contributed by atoms with E-state index in [1.807, 2.05) is 23.9 Å². The van der Waals surface area contributed by atoms with Gasteiger partial charge in [0.2, 0.25) is 5.91 Å². The van der Waals surface area contributed by atoms with Crippen LogP contribution in [-0.4, -0.2) is 22.8 Å². The Hall–Kier alpha value is -2.03. The number of halogens is 1. The molecule has 34 heavy (non-hydrogen) atoms. The molecule has 0 saturated heterocycles. The molecule has 2 aliphatic carbocycles. The van der Waals surface area contributed by atoms with Crippen molar-refractivity contribution in [3.63, 3.8) is 0 Å². The molecule has 176 valence electrons. The van der Waals surface area contributed by atoms with Gasteiger partial charge in [0.15, 0.2) is 0 Å². The zero-order chi connectivity index (χ0) is 23.4. The molecule has 8 heteroatoms. The number of benzene rings is 2. The van der Waals surface area contributed by atoms with E-state index in [4.69, 9.17) is 4.74 Å². The van der Waals surface area contributed by atoms with Crippen molar-refractivity contribution >= 4 is 50.6 Å². The molecule has 2 fully saturated rings. The third-order valence-corrected chi connectivity index (χ3v) is 11.0. The largest absolute Gasteiger partial charge is 0.497 e. The maximum atomic E-state index is 13.2. The highest BCUT2D eigenvalue weighted by Crippen LogP contribution is 2.64. The number of nitrogens with one attached hydrogen (secondary N) is 1. The second kappa shape index (κ2) is 8.88. The second-order valence-electron chi connectivity index (χ2n) is 9.42. The highest BCUT2D eigenvalue weighted by atomic mass is 79.9. The summed E-state index contributed by atoms with van der Waals surface area (Å²) in [6.07, 6.45) is 3.88. The monoisotopic (exact) mass is 556 g/mol. The van der Waals surface area contributed by atoms with Gasteiger partial charge in [-0.05, 0) is 79.0 Å². The van der Waals surface area contributed by atoms with Crippen LogP contribution in [0.2, 0.25) is 0 Å². The first-order valence-corrected chi connectivity index (χ1v) is 14.1. The fraction of sp³-hybridized carbons (Fsp3) is 0.385. The number of ether oxygens (including phenoxy) is 1. The molecule has 1 aliphatic heterocycles. The Morgan fingerprint density at radius 3 is 2.59 bits per heavy atom. The topological polar surface area (TPSA) is 60.3 Å². The minimum Gasteiger partial charge on any atom is -0.497 e. The van der Waals surface area contributed by atoms with Gasteiger partial charge in [0, 0.05) is 26.2 Å². The van der Waals surface area contributed by atoms with Gasteiger partial charge in [-0.3, -0.25) is 14.2 Å². The first kappa shape index (κ1) is 22.4. The smallest absolute Gasteiger partial charge is 0.308 e. The van der Waals surface area contributed by atoms with Crippen molar-refractivity contribution in [2.24, 2.45) is 17.8 Å². The quantitative estimate of drug-likeness (QED) is 0.420. The highest BCUT2D eigenvalue weighted by molar-refractivity contribution is 9.10. The number of amides is 1. The number of thiazole rings is 1. The number of hydrogen-bond acceptors (Lipinski definition) is 5. The fourth-order valence-electron chi connectivity index (χ4n) is 6.15. The second-order valence-corrected chi connectivity index (χ2v) is 12.5. The summed E-state index contributed by atoms with van der Waals surface area (Å²) in [5.74, 6) is 2.78. The number of nitrogens with zero attached hydrogens (tertiary/aromatic N) is 1. The molecule has 2 bridgehead atoms. The van der Waals surface area contributed by atoms with Crippen LogP contribution in [0.1, 0.15) is 35.6 Å². The van der Waals surface area contributed by atoms with Gasteiger partial charge in [-0.2, -0.15) is 0 Å². The van der Waals surface area contributed by atoms with Gasteiger partial charge in [0.1, 0.15) is 12.3 Å². The molecule has 2 saturated carbocycles. The molecule has 1 N–H and O–H groups in total. The Labute approximate surface area is 215 Å². The molecule has 0 radical (unpaired) electrons. The number of thioether (sulfide) groups is 1. The lowest BCUT2D eigenvalue weighted by molar-refractivity contribution is -0.116. The SMILES string of the molecule is COc1ccc(NC(=O)Cn2c3c(sc2=O)[C@@H](c2ccc(Br)cc2)C2C4CCC(C4)C2S3)cc1. The third-order valence-electron chi connectivity index (χ3n) is 7.60. The molecule has 3 aromatic rings. The summed E-state index contributed by atoms with van der Waals surface area (Å²) in [5, 5.41) is 4.44. The van der Waals surface area contributed by atoms with Crippen molar-refractivity contribution in [2.45, 2.75) is 42.0 Å². The van der Waals surface area contributed by atoms with Crippen molar-refractivity contribution < 1.29 is 9.53 Å². The zero-order valence-electron chi connectivity index (χ0n) is 18.7. The van der Waals surface area contributed by atoms with Crippen LogP contribution < -0.4 is 14.9 Å². The van der Waals surface area contributed by atoms with Crippen molar-refractivity contribution in [1.82, 2.24) is 4.57 Å². The van der Waals surface area contributed by atoms with E-state index in [0.29, 0.717) is 22.8 Å². The number of anilines is 1. The average molecular weight is 558 g/mol. The molecule has 5 atom stereocenters. The van der Waals surface area contributed by atoms with Gasteiger partial charge in [-0.1, -0.05) is 39.4 Å². The molecule has 4 unspecified atom stereocenters. The van der Waals surface area contributed by atoms with Crippen LogP contribution in [0.5, 0.6) is 5.75 Å². The molecule has 1 amide bonds.